The van der Waals surface area contributed by atoms with Gasteiger partial charge in [-0.2, -0.15) is 0 Å². The van der Waals surface area contributed by atoms with E-state index < -0.39 is 34.1 Å². The lowest BCUT2D eigenvalue weighted by Gasteiger charge is -2.24. The standard InChI is InChI=1S/C20H15ClF2N2O3S/c21-14-1-7-17(8-2-14)24-20(26)13-25(18-9-3-15(22)4-10-18)29(27,28)19-11-5-16(23)6-12-19/h1-12H,13H2,(H,24,26). The van der Waals surface area contributed by atoms with Gasteiger partial charge in [-0.15, -0.1) is 0 Å². The van der Waals surface area contributed by atoms with Crippen molar-refractivity contribution in [3.05, 3.63) is 89.5 Å². The molecule has 0 aliphatic rings. The van der Waals surface area contributed by atoms with E-state index in [-0.39, 0.29) is 10.6 Å². The summed E-state index contributed by atoms with van der Waals surface area (Å²) in [6.45, 7) is -0.575. The minimum Gasteiger partial charge on any atom is -0.325 e. The first-order valence-corrected chi connectivity index (χ1v) is 10.2. The number of carbonyl (C=O) groups excluding carboxylic acids is 1. The SMILES string of the molecule is O=C(CN(c1ccc(F)cc1)S(=O)(=O)c1ccc(F)cc1)Nc1ccc(Cl)cc1. The van der Waals surface area contributed by atoms with E-state index in [0.717, 1.165) is 40.7 Å². The van der Waals surface area contributed by atoms with Crippen molar-refractivity contribution in [1.29, 1.82) is 0 Å². The highest BCUT2D eigenvalue weighted by molar-refractivity contribution is 7.92. The van der Waals surface area contributed by atoms with Crippen LogP contribution in [0.1, 0.15) is 0 Å². The predicted molar refractivity (Wildman–Crippen MR) is 107 cm³/mol. The molecule has 0 heterocycles. The van der Waals surface area contributed by atoms with Crippen LogP contribution in [0.4, 0.5) is 20.2 Å². The highest BCUT2D eigenvalue weighted by Crippen LogP contribution is 2.24. The molecule has 0 aliphatic carbocycles. The van der Waals surface area contributed by atoms with Crippen LogP contribution in [0.2, 0.25) is 5.02 Å². The van der Waals surface area contributed by atoms with Crippen LogP contribution in [-0.2, 0) is 14.8 Å². The predicted octanol–water partition coefficient (Wildman–Crippen LogP) is 4.45. The molecule has 0 saturated carbocycles. The minimum absolute atomic E-state index is 0.0852. The zero-order valence-corrected chi connectivity index (χ0v) is 16.4. The lowest BCUT2D eigenvalue weighted by molar-refractivity contribution is -0.114. The molecule has 0 aliphatic heterocycles. The van der Waals surface area contributed by atoms with E-state index in [1.807, 2.05) is 0 Å². The second-order valence-electron chi connectivity index (χ2n) is 6.00. The molecule has 0 aromatic heterocycles. The van der Waals surface area contributed by atoms with Gasteiger partial charge in [0.15, 0.2) is 0 Å². The average Bonchev–Trinajstić information content (AvgIpc) is 2.69. The number of amides is 1. The third kappa shape index (κ3) is 5.10. The van der Waals surface area contributed by atoms with Crippen molar-refractivity contribution >= 4 is 38.9 Å². The maximum Gasteiger partial charge on any atom is 0.264 e. The molecule has 29 heavy (non-hydrogen) atoms. The van der Waals surface area contributed by atoms with Crippen molar-refractivity contribution in [3.8, 4) is 0 Å². The van der Waals surface area contributed by atoms with E-state index >= 15 is 0 Å². The third-order valence-corrected chi connectivity index (χ3v) is 5.97. The van der Waals surface area contributed by atoms with Crippen molar-refractivity contribution in [1.82, 2.24) is 0 Å². The zero-order valence-electron chi connectivity index (χ0n) is 14.8. The Morgan fingerprint density at radius 3 is 1.93 bits per heavy atom. The molecule has 5 nitrogen and oxygen atoms in total. The quantitative estimate of drug-likeness (QED) is 0.620. The van der Waals surface area contributed by atoms with E-state index in [2.05, 4.69) is 5.32 Å². The van der Waals surface area contributed by atoms with Crippen molar-refractivity contribution in [2.45, 2.75) is 4.90 Å². The van der Waals surface area contributed by atoms with Gasteiger partial charge in [0.05, 0.1) is 10.6 Å². The highest BCUT2D eigenvalue weighted by atomic mass is 35.5. The normalized spacial score (nSPS) is 11.1. The van der Waals surface area contributed by atoms with Crippen molar-refractivity contribution < 1.29 is 22.0 Å². The van der Waals surface area contributed by atoms with Crippen LogP contribution < -0.4 is 9.62 Å². The highest BCUT2D eigenvalue weighted by Gasteiger charge is 2.27. The molecule has 3 rings (SSSR count). The van der Waals surface area contributed by atoms with Crippen LogP contribution >= 0.6 is 11.6 Å². The number of hydrogen-bond donors (Lipinski definition) is 1. The number of anilines is 2. The lowest BCUT2D eigenvalue weighted by atomic mass is 10.3. The van der Waals surface area contributed by atoms with Gasteiger partial charge in [-0.3, -0.25) is 9.10 Å². The molecule has 0 bridgehead atoms. The van der Waals surface area contributed by atoms with Gasteiger partial charge in [0.1, 0.15) is 18.2 Å². The maximum absolute atomic E-state index is 13.3. The Balaban J connectivity index is 1.92. The number of halogens is 3. The number of sulfonamides is 1. The number of carbonyl (C=O) groups is 1. The Morgan fingerprint density at radius 2 is 1.38 bits per heavy atom. The summed E-state index contributed by atoms with van der Waals surface area (Å²) in [6, 6.07) is 15.1. The molecular formula is C20H15ClF2N2O3S. The minimum atomic E-state index is -4.22. The van der Waals surface area contributed by atoms with Crippen molar-refractivity contribution in [2.24, 2.45) is 0 Å². The molecule has 3 aromatic carbocycles. The summed E-state index contributed by atoms with van der Waals surface area (Å²) >= 11 is 5.81. The van der Waals surface area contributed by atoms with E-state index in [9.17, 15) is 22.0 Å². The molecule has 3 aromatic rings. The number of nitrogens with one attached hydrogen (secondary N) is 1. The van der Waals surface area contributed by atoms with Gasteiger partial charge >= 0.3 is 0 Å². The Labute approximate surface area is 171 Å². The summed E-state index contributed by atoms with van der Waals surface area (Å²) in [7, 11) is -4.22. The fourth-order valence-electron chi connectivity index (χ4n) is 2.52. The van der Waals surface area contributed by atoms with Gasteiger partial charge in [0.25, 0.3) is 10.0 Å². The Kier molecular flexibility index (Phi) is 6.14. The zero-order chi connectivity index (χ0) is 21.0. The summed E-state index contributed by atoms with van der Waals surface area (Å²) < 4.78 is 53.5. The molecule has 9 heteroatoms. The number of rotatable bonds is 6. The van der Waals surface area contributed by atoms with Crippen molar-refractivity contribution in [2.75, 3.05) is 16.2 Å². The number of nitrogens with zero attached hydrogens (tertiary/aromatic N) is 1. The van der Waals surface area contributed by atoms with E-state index in [0.29, 0.717) is 10.7 Å². The molecule has 1 N–H and O–H groups in total. The van der Waals surface area contributed by atoms with Gasteiger partial charge in [-0.05, 0) is 72.8 Å². The smallest absolute Gasteiger partial charge is 0.264 e. The van der Waals surface area contributed by atoms with Gasteiger partial charge in [0, 0.05) is 10.7 Å². The Morgan fingerprint density at radius 1 is 0.862 bits per heavy atom. The first-order valence-electron chi connectivity index (χ1n) is 8.35. The fraction of sp³-hybridized carbons (Fsp3) is 0.0500. The average molecular weight is 437 g/mol. The van der Waals surface area contributed by atoms with Gasteiger partial charge in [0.2, 0.25) is 5.91 Å². The van der Waals surface area contributed by atoms with Crippen LogP contribution in [0.5, 0.6) is 0 Å². The molecule has 0 saturated heterocycles. The largest absolute Gasteiger partial charge is 0.325 e. The second-order valence-corrected chi connectivity index (χ2v) is 8.30. The van der Waals surface area contributed by atoms with Crippen LogP contribution in [0.3, 0.4) is 0 Å². The number of hydrogen-bond acceptors (Lipinski definition) is 3. The molecule has 0 atom stereocenters. The molecule has 0 spiro atoms. The molecule has 0 radical (unpaired) electrons. The van der Waals surface area contributed by atoms with E-state index in [1.165, 1.54) is 12.1 Å². The molecule has 0 fully saturated rings. The second kappa shape index (κ2) is 8.59. The summed E-state index contributed by atoms with van der Waals surface area (Å²) in [5.74, 6) is -1.78. The van der Waals surface area contributed by atoms with Crippen LogP contribution in [0.15, 0.2) is 77.7 Å². The third-order valence-electron chi connectivity index (χ3n) is 3.93. The van der Waals surface area contributed by atoms with E-state index in [4.69, 9.17) is 11.6 Å². The number of benzene rings is 3. The molecular weight excluding hydrogens is 422 g/mol. The summed E-state index contributed by atoms with van der Waals surface area (Å²) in [5.41, 5.74) is 0.514. The summed E-state index contributed by atoms with van der Waals surface area (Å²) in [6.07, 6.45) is 0. The topological polar surface area (TPSA) is 66.5 Å². The van der Waals surface area contributed by atoms with Crippen molar-refractivity contribution in [3.63, 3.8) is 0 Å². The summed E-state index contributed by atoms with van der Waals surface area (Å²) in [5, 5.41) is 3.06. The van der Waals surface area contributed by atoms with Gasteiger partial charge < -0.3 is 5.32 Å². The Bertz CT molecular complexity index is 1100. The van der Waals surface area contributed by atoms with Gasteiger partial charge in [-0.25, -0.2) is 17.2 Å². The van der Waals surface area contributed by atoms with E-state index in [1.54, 1.807) is 24.3 Å². The fourth-order valence-corrected chi connectivity index (χ4v) is 4.07. The molecule has 150 valence electrons. The van der Waals surface area contributed by atoms with Gasteiger partial charge in [-0.1, -0.05) is 11.6 Å². The monoisotopic (exact) mass is 436 g/mol. The first kappa shape index (κ1) is 20.8. The maximum atomic E-state index is 13.3. The van der Waals surface area contributed by atoms with Crippen LogP contribution in [0.25, 0.3) is 0 Å². The molecule has 1 amide bonds. The Hall–Kier alpha value is -2.97. The molecule has 0 unspecified atom stereocenters. The summed E-state index contributed by atoms with van der Waals surface area (Å²) in [4.78, 5) is 12.3. The lowest BCUT2D eigenvalue weighted by Crippen LogP contribution is -2.38. The first-order chi connectivity index (χ1) is 13.8. The van der Waals surface area contributed by atoms with Crippen LogP contribution in [-0.4, -0.2) is 20.9 Å². The van der Waals surface area contributed by atoms with Crippen LogP contribution in [0, 0.1) is 11.6 Å².